The third kappa shape index (κ3) is 2.87. The fraction of sp³-hybridized carbons (Fsp3) is 0.750. The number of aliphatic hydroxyl groups excluding tert-OH is 1. The zero-order chi connectivity index (χ0) is 20.8. The number of carboxylic acid groups (broad SMARTS) is 1. The second kappa shape index (κ2) is 7.71. The van der Waals surface area contributed by atoms with Crippen LogP contribution in [-0.2, 0) is 14.4 Å². The second-order valence-electron chi connectivity index (χ2n) is 8.26. The normalized spacial score (nSPS) is 34.6. The molecule has 2 unspecified atom stereocenters. The van der Waals surface area contributed by atoms with Gasteiger partial charge in [0.25, 0.3) is 0 Å². The van der Waals surface area contributed by atoms with E-state index >= 15 is 0 Å². The Morgan fingerprint density at radius 1 is 1.46 bits per heavy atom. The van der Waals surface area contributed by atoms with Crippen molar-refractivity contribution in [2.75, 3.05) is 13.2 Å². The smallest absolute Gasteiger partial charge is 0.308 e. The van der Waals surface area contributed by atoms with E-state index in [9.17, 15) is 24.6 Å². The minimum absolute atomic E-state index is 0.0778. The third-order valence-corrected chi connectivity index (χ3v) is 8.52. The number of amides is 2. The molecular weight excluding hydrogens is 380 g/mol. The maximum Gasteiger partial charge on any atom is 0.308 e. The first-order chi connectivity index (χ1) is 13.2. The number of carboxylic acids is 1. The number of nitrogens with zero attached hydrogens (tertiary/aromatic N) is 2. The molecule has 2 bridgehead atoms. The molecule has 156 valence electrons. The van der Waals surface area contributed by atoms with Crippen molar-refractivity contribution in [3.8, 4) is 0 Å². The lowest BCUT2D eigenvalue weighted by Crippen LogP contribution is -2.58. The zero-order valence-corrected chi connectivity index (χ0v) is 17.5. The Morgan fingerprint density at radius 2 is 2.14 bits per heavy atom. The fourth-order valence-corrected chi connectivity index (χ4v) is 7.50. The summed E-state index contributed by atoms with van der Waals surface area (Å²) in [6.45, 7) is 9.56. The van der Waals surface area contributed by atoms with E-state index in [1.54, 1.807) is 11.0 Å². The van der Waals surface area contributed by atoms with Crippen molar-refractivity contribution in [3.63, 3.8) is 0 Å². The fourth-order valence-electron chi connectivity index (χ4n) is 5.31. The number of hydrogen-bond acceptors (Lipinski definition) is 5. The van der Waals surface area contributed by atoms with Gasteiger partial charge in [-0.2, -0.15) is 0 Å². The minimum Gasteiger partial charge on any atom is -0.481 e. The first kappa shape index (κ1) is 21.2. The zero-order valence-electron chi connectivity index (χ0n) is 16.7. The summed E-state index contributed by atoms with van der Waals surface area (Å²) < 4.78 is -0.723. The molecule has 3 saturated heterocycles. The number of carbonyl (C=O) groups excluding carboxylic acids is 2. The maximum atomic E-state index is 13.7. The van der Waals surface area contributed by atoms with E-state index in [1.807, 2.05) is 20.8 Å². The largest absolute Gasteiger partial charge is 0.481 e. The van der Waals surface area contributed by atoms with Crippen LogP contribution >= 0.6 is 11.8 Å². The van der Waals surface area contributed by atoms with Crippen LogP contribution in [0.2, 0.25) is 0 Å². The number of carbonyl (C=O) groups is 3. The van der Waals surface area contributed by atoms with E-state index in [0.717, 1.165) is 0 Å². The van der Waals surface area contributed by atoms with E-state index in [4.69, 9.17) is 0 Å². The summed E-state index contributed by atoms with van der Waals surface area (Å²) in [4.78, 5) is 42.4. The average Bonchev–Trinajstić information content (AvgIpc) is 3.28. The van der Waals surface area contributed by atoms with Gasteiger partial charge in [0.05, 0.1) is 29.2 Å². The van der Waals surface area contributed by atoms with Gasteiger partial charge in [-0.25, -0.2) is 0 Å². The molecule has 7 nitrogen and oxygen atoms in total. The Balaban J connectivity index is 2.10. The molecular formula is C20H30N2O5S. The summed E-state index contributed by atoms with van der Waals surface area (Å²) in [6.07, 6.45) is 3.51. The molecule has 6 atom stereocenters. The van der Waals surface area contributed by atoms with Crippen LogP contribution in [0, 0.1) is 11.8 Å². The number of aliphatic carboxylic acids is 1. The standard InChI is InChI=1S/C20H30N2O5S/c1-5-9-21(11(3)4)18(25)16-20-8-7-13(28-20)14(19(26)27)15(20)17(24)22(16)12(6-2)10-23/h5,11-16,23H,1,6-10H2,2-4H3,(H,26,27)/t12-,13+,14-,15-,16?,20?/m0/s1. The molecule has 2 N–H and O–H groups in total. The van der Waals surface area contributed by atoms with E-state index in [-0.39, 0.29) is 29.7 Å². The first-order valence-corrected chi connectivity index (χ1v) is 10.9. The lowest BCUT2D eigenvalue weighted by molar-refractivity contribution is -0.150. The Kier molecular flexibility index (Phi) is 5.83. The van der Waals surface area contributed by atoms with Gasteiger partial charge in [-0.15, -0.1) is 18.3 Å². The molecule has 0 saturated carbocycles. The predicted molar refractivity (Wildman–Crippen MR) is 107 cm³/mol. The lowest BCUT2D eigenvalue weighted by Gasteiger charge is -2.40. The van der Waals surface area contributed by atoms with Crippen LogP contribution in [0.1, 0.15) is 40.0 Å². The quantitative estimate of drug-likeness (QED) is 0.586. The molecule has 3 aliphatic rings. The third-order valence-electron chi connectivity index (χ3n) is 6.56. The minimum atomic E-state index is -0.964. The van der Waals surface area contributed by atoms with Crippen molar-refractivity contribution in [1.82, 2.24) is 9.80 Å². The highest BCUT2D eigenvalue weighted by molar-refractivity contribution is 8.02. The van der Waals surface area contributed by atoms with Gasteiger partial charge in [0, 0.05) is 17.8 Å². The van der Waals surface area contributed by atoms with Crippen molar-refractivity contribution in [2.24, 2.45) is 11.8 Å². The highest BCUT2D eigenvalue weighted by Crippen LogP contribution is 2.66. The molecule has 0 aromatic heterocycles. The summed E-state index contributed by atoms with van der Waals surface area (Å²) in [6, 6.07) is -1.32. The lowest BCUT2D eigenvalue weighted by atomic mass is 9.71. The molecule has 0 radical (unpaired) electrons. The summed E-state index contributed by atoms with van der Waals surface area (Å²) in [5.74, 6) is -2.90. The molecule has 28 heavy (non-hydrogen) atoms. The first-order valence-electron chi connectivity index (χ1n) is 10.00. The van der Waals surface area contributed by atoms with Crippen LogP contribution in [0.15, 0.2) is 12.7 Å². The van der Waals surface area contributed by atoms with Crippen LogP contribution in [0.25, 0.3) is 0 Å². The Bertz CT molecular complexity index is 680. The highest BCUT2D eigenvalue weighted by Gasteiger charge is 2.74. The van der Waals surface area contributed by atoms with Gasteiger partial charge in [0.15, 0.2) is 0 Å². The van der Waals surface area contributed by atoms with Crippen LogP contribution < -0.4 is 0 Å². The summed E-state index contributed by atoms with van der Waals surface area (Å²) in [5, 5.41) is 19.6. The molecule has 3 heterocycles. The van der Waals surface area contributed by atoms with Gasteiger partial charge in [-0.3, -0.25) is 14.4 Å². The molecule has 0 aromatic carbocycles. The van der Waals surface area contributed by atoms with Crippen molar-refractivity contribution < 1.29 is 24.6 Å². The molecule has 0 aliphatic carbocycles. The van der Waals surface area contributed by atoms with Crippen molar-refractivity contribution in [3.05, 3.63) is 12.7 Å². The van der Waals surface area contributed by atoms with Crippen LogP contribution in [0.3, 0.4) is 0 Å². The second-order valence-corrected chi connectivity index (χ2v) is 9.86. The van der Waals surface area contributed by atoms with Gasteiger partial charge in [0.1, 0.15) is 6.04 Å². The van der Waals surface area contributed by atoms with E-state index < -0.39 is 34.6 Å². The maximum absolute atomic E-state index is 13.7. The van der Waals surface area contributed by atoms with Gasteiger partial charge in [-0.05, 0) is 33.1 Å². The van der Waals surface area contributed by atoms with E-state index in [0.29, 0.717) is 25.8 Å². The van der Waals surface area contributed by atoms with Crippen molar-refractivity contribution in [1.29, 1.82) is 0 Å². The molecule has 1 spiro atoms. The summed E-state index contributed by atoms with van der Waals surface area (Å²) in [7, 11) is 0. The van der Waals surface area contributed by atoms with Gasteiger partial charge >= 0.3 is 5.97 Å². The Labute approximate surface area is 170 Å². The summed E-state index contributed by atoms with van der Waals surface area (Å²) in [5.41, 5.74) is 0. The van der Waals surface area contributed by atoms with Crippen molar-refractivity contribution >= 4 is 29.5 Å². The molecule has 3 aliphatic heterocycles. The monoisotopic (exact) mass is 410 g/mol. The number of likely N-dealkylation sites (tertiary alicyclic amines) is 1. The van der Waals surface area contributed by atoms with E-state index in [2.05, 4.69) is 6.58 Å². The molecule has 8 heteroatoms. The highest BCUT2D eigenvalue weighted by atomic mass is 32.2. The number of fused-ring (bicyclic) bond motifs is 1. The Hall–Kier alpha value is -1.54. The summed E-state index contributed by atoms with van der Waals surface area (Å²) >= 11 is 1.52. The Morgan fingerprint density at radius 3 is 2.64 bits per heavy atom. The van der Waals surface area contributed by atoms with Crippen LogP contribution in [0.4, 0.5) is 0 Å². The molecule has 2 amide bonds. The van der Waals surface area contributed by atoms with Crippen LogP contribution in [-0.4, -0.2) is 79.1 Å². The topological polar surface area (TPSA) is 98.2 Å². The number of thioether (sulfide) groups is 1. The predicted octanol–water partition coefficient (Wildman–Crippen LogP) is 1.36. The number of rotatable bonds is 8. The molecule has 0 aromatic rings. The molecule has 3 fully saturated rings. The number of hydrogen-bond donors (Lipinski definition) is 2. The van der Waals surface area contributed by atoms with Crippen LogP contribution in [0.5, 0.6) is 0 Å². The van der Waals surface area contributed by atoms with Gasteiger partial charge < -0.3 is 20.0 Å². The number of aliphatic hydroxyl groups is 1. The SMILES string of the molecule is C=CCN(C(=O)C1N([C@@H](CC)CO)C(=O)[C@@H]2[C@@H](C(=O)O)[C@H]3CCC12S3)C(C)C. The van der Waals surface area contributed by atoms with Crippen molar-refractivity contribution in [2.45, 2.75) is 68.2 Å². The average molecular weight is 411 g/mol. The molecule has 3 rings (SSSR count). The van der Waals surface area contributed by atoms with E-state index in [1.165, 1.54) is 16.7 Å². The van der Waals surface area contributed by atoms with Gasteiger partial charge in [-0.1, -0.05) is 13.0 Å². The van der Waals surface area contributed by atoms with Gasteiger partial charge in [0.2, 0.25) is 11.8 Å².